The first-order chi connectivity index (χ1) is 8.25. The van der Waals surface area contributed by atoms with Crippen LogP contribution in [-0.2, 0) is 6.54 Å². The molecular formula is C13H21ClN2S. The third-order valence-corrected chi connectivity index (χ3v) is 4.74. The van der Waals surface area contributed by atoms with Gasteiger partial charge in [0.25, 0.3) is 0 Å². The molecule has 1 unspecified atom stereocenters. The van der Waals surface area contributed by atoms with Gasteiger partial charge in [-0.3, -0.25) is 0 Å². The summed E-state index contributed by atoms with van der Waals surface area (Å²) in [6.45, 7) is 3.32. The Morgan fingerprint density at radius 1 is 1.47 bits per heavy atom. The predicted molar refractivity (Wildman–Crippen MR) is 75.9 cm³/mol. The van der Waals surface area contributed by atoms with E-state index < -0.39 is 0 Å². The average molecular weight is 273 g/mol. The molecule has 17 heavy (non-hydrogen) atoms. The molecule has 1 aromatic heterocycles. The van der Waals surface area contributed by atoms with E-state index in [1.54, 1.807) is 11.3 Å². The summed E-state index contributed by atoms with van der Waals surface area (Å²) in [6, 6.07) is 4.86. The molecule has 2 heterocycles. The molecule has 0 radical (unpaired) electrons. The number of likely N-dealkylation sites (tertiary alicyclic amines) is 1. The predicted octanol–water partition coefficient (Wildman–Crippen LogP) is 3.37. The van der Waals surface area contributed by atoms with Gasteiger partial charge in [-0.15, -0.1) is 11.3 Å². The number of nitrogens with one attached hydrogen (secondary N) is 1. The normalized spacial score (nSPS) is 21.9. The van der Waals surface area contributed by atoms with Gasteiger partial charge >= 0.3 is 0 Å². The summed E-state index contributed by atoms with van der Waals surface area (Å²) in [7, 11) is 2.25. The summed E-state index contributed by atoms with van der Waals surface area (Å²) >= 11 is 7.56. The van der Waals surface area contributed by atoms with Gasteiger partial charge in [-0.2, -0.15) is 0 Å². The topological polar surface area (TPSA) is 15.3 Å². The van der Waals surface area contributed by atoms with Gasteiger partial charge in [0.15, 0.2) is 0 Å². The minimum absolute atomic E-state index is 0.781. The Labute approximate surface area is 113 Å². The lowest BCUT2D eigenvalue weighted by atomic mass is 10.0. The number of halogens is 1. The molecule has 1 atom stereocenters. The minimum Gasteiger partial charge on any atom is -0.312 e. The van der Waals surface area contributed by atoms with Crippen LogP contribution in [-0.4, -0.2) is 31.1 Å². The van der Waals surface area contributed by atoms with E-state index in [9.17, 15) is 0 Å². The molecule has 0 bridgehead atoms. The number of hydrogen-bond donors (Lipinski definition) is 1. The number of rotatable bonds is 5. The van der Waals surface area contributed by atoms with E-state index in [4.69, 9.17) is 11.6 Å². The molecule has 0 aliphatic carbocycles. The second-order valence-corrected chi connectivity index (χ2v) is 6.60. The lowest BCUT2D eigenvalue weighted by Gasteiger charge is -2.32. The first-order valence-corrected chi connectivity index (χ1v) is 7.60. The van der Waals surface area contributed by atoms with Crippen LogP contribution in [0.15, 0.2) is 12.1 Å². The highest BCUT2D eigenvalue weighted by molar-refractivity contribution is 7.16. The van der Waals surface area contributed by atoms with Crippen molar-refractivity contribution in [2.24, 2.45) is 0 Å². The Kier molecular flexibility index (Phi) is 5.29. The third-order valence-electron chi connectivity index (χ3n) is 3.50. The molecule has 4 heteroatoms. The molecule has 1 saturated heterocycles. The zero-order valence-electron chi connectivity index (χ0n) is 10.4. The van der Waals surface area contributed by atoms with Gasteiger partial charge in [0.1, 0.15) is 0 Å². The molecule has 1 aliphatic rings. The van der Waals surface area contributed by atoms with Gasteiger partial charge < -0.3 is 10.2 Å². The van der Waals surface area contributed by atoms with Gasteiger partial charge in [-0.1, -0.05) is 18.0 Å². The molecule has 1 N–H and O–H groups in total. The van der Waals surface area contributed by atoms with Crippen LogP contribution in [0.2, 0.25) is 4.34 Å². The lowest BCUT2D eigenvalue weighted by molar-refractivity contribution is 0.175. The van der Waals surface area contributed by atoms with Crippen molar-refractivity contribution in [1.29, 1.82) is 0 Å². The number of nitrogens with zero attached hydrogens (tertiary/aromatic N) is 1. The summed E-state index contributed by atoms with van der Waals surface area (Å²) in [5.74, 6) is 0. The fourth-order valence-corrected chi connectivity index (χ4v) is 3.49. The second kappa shape index (κ2) is 6.74. The fourth-order valence-electron chi connectivity index (χ4n) is 2.44. The molecule has 0 saturated carbocycles. The number of thiophene rings is 1. The Bertz CT molecular complexity index is 340. The maximum atomic E-state index is 5.90. The van der Waals surface area contributed by atoms with E-state index in [0.29, 0.717) is 0 Å². The van der Waals surface area contributed by atoms with Gasteiger partial charge in [-0.25, -0.2) is 0 Å². The van der Waals surface area contributed by atoms with Crippen molar-refractivity contribution >= 4 is 22.9 Å². The summed E-state index contributed by atoms with van der Waals surface area (Å²) < 4.78 is 0.883. The highest BCUT2D eigenvalue weighted by Gasteiger charge is 2.17. The largest absolute Gasteiger partial charge is 0.312 e. The van der Waals surface area contributed by atoms with Crippen LogP contribution in [0.25, 0.3) is 0 Å². The molecule has 2 nitrogen and oxygen atoms in total. The van der Waals surface area contributed by atoms with E-state index in [-0.39, 0.29) is 0 Å². The van der Waals surface area contributed by atoms with Crippen LogP contribution in [0.5, 0.6) is 0 Å². The SMILES string of the molecule is CN1CCCCC1CCNCc1ccc(Cl)s1. The monoisotopic (exact) mass is 272 g/mol. The minimum atomic E-state index is 0.781. The smallest absolute Gasteiger partial charge is 0.0931 e. The highest BCUT2D eigenvalue weighted by Crippen LogP contribution is 2.21. The van der Waals surface area contributed by atoms with Crippen molar-refractivity contribution in [3.05, 3.63) is 21.3 Å². The molecule has 1 aromatic rings. The summed E-state index contributed by atoms with van der Waals surface area (Å²) in [5.41, 5.74) is 0. The van der Waals surface area contributed by atoms with Crippen LogP contribution < -0.4 is 5.32 Å². The standard InChI is InChI=1S/C13H21ClN2S/c1-16-9-3-2-4-11(16)7-8-15-10-12-5-6-13(14)17-12/h5-6,11,15H,2-4,7-10H2,1H3. The fraction of sp³-hybridized carbons (Fsp3) is 0.692. The summed E-state index contributed by atoms with van der Waals surface area (Å²) in [6.07, 6.45) is 5.39. The molecule has 0 spiro atoms. The molecular weight excluding hydrogens is 252 g/mol. The zero-order valence-corrected chi connectivity index (χ0v) is 12.0. The van der Waals surface area contributed by atoms with Crippen LogP contribution >= 0.6 is 22.9 Å². The lowest BCUT2D eigenvalue weighted by Crippen LogP contribution is -2.38. The van der Waals surface area contributed by atoms with Gasteiger partial charge in [0, 0.05) is 17.5 Å². The molecule has 0 aromatic carbocycles. The van der Waals surface area contributed by atoms with Crippen molar-refractivity contribution in [2.75, 3.05) is 20.1 Å². The van der Waals surface area contributed by atoms with Crippen molar-refractivity contribution in [2.45, 2.75) is 38.3 Å². The number of piperidine rings is 1. The molecule has 2 rings (SSSR count). The van der Waals surface area contributed by atoms with Crippen LogP contribution in [0.1, 0.15) is 30.6 Å². The quantitative estimate of drug-likeness (QED) is 0.827. The summed E-state index contributed by atoms with van der Waals surface area (Å²) in [5, 5.41) is 3.51. The Balaban J connectivity index is 1.62. The molecule has 0 amide bonds. The van der Waals surface area contributed by atoms with E-state index in [1.807, 2.05) is 6.07 Å². The van der Waals surface area contributed by atoms with Crippen molar-refractivity contribution < 1.29 is 0 Å². The first kappa shape index (κ1) is 13.3. The molecule has 1 fully saturated rings. The van der Waals surface area contributed by atoms with Gasteiger partial charge in [0.05, 0.1) is 4.34 Å². The van der Waals surface area contributed by atoms with Crippen LogP contribution in [0.4, 0.5) is 0 Å². The Morgan fingerprint density at radius 3 is 3.06 bits per heavy atom. The number of hydrogen-bond acceptors (Lipinski definition) is 3. The molecule has 96 valence electrons. The third kappa shape index (κ3) is 4.25. The van der Waals surface area contributed by atoms with Crippen molar-refractivity contribution in [3.63, 3.8) is 0 Å². The van der Waals surface area contributed by atoms with E-state index in [2.05, 4.69) is 23.3 Å². The van der Waals surface area contributed by atoms with E-state index in [0.717, 1.165) is 23.5 Å². The Hall–Kier alpha value is -0.0900. The van der Waals surface area contributed by atoms with E-state index >= 15 is 0 Å². The van der Waals surface area contributed by atoms with Gasteiger partial charge in [0.2, 0.25) is 0 Å². The average Bonchev–Trinajstić information content (AvgIpc) is 2.73. The molecule has 1 aliphatic heterocycles. The first-order valence-electron chi connectivity index (χ1n) is 6.41. The van der Waals surface area contributed by atoms with Crippen LogP contribution in [0.3, 0.4) is 0 Å². The van der Waals surface area contributed by atoms with Gasteiger partial charge in [-0.05, 0) is 51.5 Å². The van der Waals surface area contributed by atoms with Crippen molar-refractivity contribution in [1.82, 2.24) is 10.2 Å². The van der Waals surface area contributed by atoms with E-state index in [1.165, 1.54) is 37.1 Å². The second-order valence-electron chi connectivity index (χ2n) is 4.80. The maximum Gasteiger partial charge on any atom is 0.0931 e. The Morgan fingerprint density at radius 2 is 2.35 bits per heavy atom. The zero-order chi connectivity index (χ0) is 12.1. The summed E-state index contributed by atoms with van der Waals surface area (Å²) in [4.78, 5) is 3.83. The highest BCUT2D eigenvalue weighted by atomic mass is 35.5. The van der Waals surface area contributed by atoms with Crippen molar-refractivity contribution in [3.8, 4) is 0 Å². The maximum absolute atomic E-state index is 5.90. The van der Waals surface area contributed by atoms with Crippen LogP contribution in [0, 0.1) is 0 Å².